The van der Waals surface area contributed by atoms with Crippen LogP contribution in [0, 0.1) is 23.1 Å². The minimum atomic E-state index is -0.575. The Labute approximate surface area is 216 Å². The third kappa shape index (κ3) is 4.84. The number of piperidine rings is 1. The van der Waals surface area contributed by atoms with E-state index in [9.17, 15) is 14.0 Å². The molecule has 1 atom stereocenters. The average molecular weight is 524 g/mol. The first-order valence-corrected chi connectivity index (χ1v) is 12.1. The first kappa shape index (κ1) is 24.6. The Morgan fingerprint density at radius 1 is 1.32 bits per heavy atom. The number of likely N-dealkylation sites (tertiary alicyclic amines) is 1. The normalized spacial score (nSPS) is 17.8. The van der Waals surface area contributed by atoms with E-state index in [1.54, 1.807) is 4.90 Å². The van der Waals surface area contributed by atoms with Gasteiger partial charge in [0.1, 0.15) is 11.8 Å². The highest BCUT2D eigenvalue weighted by Crippen LogP contribution is 2.50. The van der Waals surface area contributed by atoms with Gasteiger partial charge >= 0.3 is 0 Å². The number of amides is 2. The second-order valence-electron chi connectivity index (χ2n) is 9.23. The number of hydrogen-bond donors (Lipinski definition) is 2. The summed E-state index contributed by atoms with van der Waals surface area (Å²) in [4.78, 5) is 36.0. The highest BCUT2D eigenvalue weighted by atomic mass is 35.5. The lowest BCUT2D eigenvalue weighted by Gasteiger charge is -2.39. The Kier molecular flexibility index (Phi) is 6.52. The molecule has 2 aliphatic rings. The molecule has 2 fully saturated rings. The molecule has 1 saturated carbocycles. The number of carbonyl (C=O) groups excluding carboxylic acids is 2. The number of nitrogens with zero attached hydrogens (tertiary/aromatic N) is 5. The first-order chi connectivity index (χ1) is 17.8. The third-order valence-electron chi connectivity index (χ3n) is 6.94. The second-order valence-corrected chi connectivity index (χ2v) is 9.63. The van der Waals surface area contributed by atoms with E-state index in [0.717, 1.165) is 19.0 Å². The molecular formula is C25H23ClFN7O3. The van der Waals surface area contributed by atoms with Gasteiger partial charge in [-0.15, -0.1) is 0 Å². The van der Waals surface area contributed by atoms with Gasteiger partial charge in [0.25, 0.3) is 5.91 Å². The number of methoxy groups -OCH3 is 1. The minimum Gasteiger partial charge on any atom is -0.481 e. The van der Waals surface area contributed by atoms with Crippen LogP contribution in [0.15, 0.2) is 30.6 Å². The first-order valence-electron chi connectivity index (χ1n) is 11.7. The monoisotopic (exact) mass is 523 g/mol. The lowest BCUT2D eigenvalue weighted by Crippen LogP contribution is -2.50. The third-order valence-corrected chi connectivity index (χ3v) is 7.27. The van der Waals surface area contributed by atoms with Gasteiger partial charge in [-0.1, -0.05) is 11.6 Å². The van der Waals surface area contributed by atoms with Crippen molar-refractivity contribution in [2.24, 2.45) is 5.92 Å². The Balaban J connectivity index is 1.24. The van der Waals surface area contributed by atoms with E-state index >= 15 is 0 Å². The van der Waals surface area contributed by atoms with Crippen molar-refractivity contribution in [2.45, 2.75) is 37.8 Å². The highest BCUT2D eigenvalue weighted by molar-refractivity contribution is 6.31. The van der Waals surface area contributed by atoms with Crippen molar-refractivity contribution in [1.82, 2.24) is 30.4 Å². The van der Waals surface area contributed by atoms with E-state index in [-0.39, 0.29) is 52.6 Å². The molecule has 1 aliphatic carbocycles. The molecule has 5 rings (SSSR count). The summed E-state index contributed by atoms with van der Waals surface area (Å²) in [5, 5.41) is 19.0. The van der Waals surface area contributed by atoms with E-state index in [1.807, 2.05) is 6.07 Å². The molecular weight excluding hydrogens is 501 g/mol. The number of halogens is 2. The van der Waals surface area contributed by atoms with Crippen LogP contribution in [-0.2, 0) is 11.3 Å². The summed E-state index contributed by atoms with van der Waals surface area (Å²) in [5.41, 5.74) is 1.16. The van der Waals surface area contributed by atoms with Crippen LogP contribution in [-0.4, -0.2) is 56.1 Å². The molecule has 10 nitrogen and oxygen atoms in total. The maximum Gasteiger partial charge on any atom is 0.272 e. The number of nitriles is 1. The molecule has 1 unspecified atom stereocenters. The van der Waals surface area contributed by atoms with Gasteiger partial charge < -0.3 is 15.0 Å². The maximum atomic E-state index is 14.3. The molecule has 4 heterocycles. The van der Waals surface area contributed by atoms with Crippen LogP contribution in [0.4, 0.5) is 4.39 Å². The van der Waals surface area contributed by atoms with Gasteiger partial charge in [0.2, 0.25) is 11.8 Å². The smallest absolute Gasteiger partial charge is 0.272 e. The molecule has 37 heavy (non-hydrogen) atoms. The van der Waals surface area contributed by atoms with Crippen LogP contribution < -0.4 is 10.1 Å². The van der Waals surface area contributed by atoms with Crippen LogP contribution >= 0.6 is 11.6 Å². The SMILES string of the molecule is COc1cc(-c2cc(C(=O)N3CCC(C(=O)NCc4ncc(C#N)cc4Cl)CC34CC4)[nH]n2)c(F)cn1. The van der Waals surface area contributed by atoms with Gasteiger partial charge in [0, 0.05) is 35.8 Å². The molecule has 0 radical (unpaired) electrons. The zero-order valence-electron chi connectivity index (χ0n) is 19.9. The van der Waals surface area contributed by atoms with E-state index in [0.29, 0.717) is 35.7 Å². The van der Waals surface area contributed by atoms with Crippen molar-refractivity contribution >= 4 is 23.4 Å². The zero-order chi connectivity index (χ0) is 26.2. The predicted octanol–water partition coefficient (Wildman–Crippen LogP) is 3.24. The molecule has 12 heteroatoms. The van der Waals surface area contributed by atoms with Crippen LogP contribution in [0.3, 0.4) is 0 Å². The summed E-state index contributed by atoms with van der Waals surface area (Å²) in [7, 11) is 1.43. The van der Waals surface area contributed by atoms with Crippen LogP contribution in [0.5, 0.6) is 5.88 Å². The Bertz CT molecular complexity index is 1420. The fourth-order valence-corrected chi connectivity index (χ4v) is 5.00. The number of pyridine rings is 2. The van der Waals surface area contributed by atoms with Crippen LogP contribution in [0.2, 0.25) is 5.02 Å². The molecule has 2 N–H and O–H groups in total. The van der Waals surface area contributed by atoms with Crippen molar-refractivity contribution < 1.29 is 18.7 Å². The summed E-state index contributed by atoms with van der Waals surface area (Å²) in [5.74, 6) is -0.938. The molecule has 3 aromatic heterocycles. The largest absolute Gasteiger partial charge is 0.481 e. The number of nitrogens with one attached hydrogen (secondary N) is 2. The number of H-pyrrole nitrogens is 1. The number of rotatable bonds is 6. The number of hydrogen-bond acceptors (Lipinski definition) is 7. The van der Waals surface area contributed by atoms with Gasteiger partial charge in [-0.2, -0.15) is 10.4 Å². The Morgan fingerprint density at radius 2 is 2.14 bits per heavy atom. The van der Waals surface area contributed by atoms with Crippen molar-refractivity contribution in [2.75, 3.05) is 13.7 Å². The highest BCUT2D eigenvalue weighted by Gasteiger charge is 2.54. The van der Waals surface area contributed by atoms with Gasteiger partial charge in [0.05, 0.1) is 41.8 Å². The Morgan fingerprint density at radius 3 is 2.84 bits per heavy atom. The summed E-state index contributed by atoms with van der Waals surface area (Å²) in [6.45, 7) is 0.571. The van der Waals surface area contributed by atoms with Crippen LogP contribution in [0.1, 0.15) is 47.4 Å². The summed E-state index contributed by atoms with van der Waals surface area (Å²) in [6.07, 6.45) is 5.13. The molecule has 1 saturated heterocycles. The van der Waals surface area contributed by atoms with Crippen molar-refractivity contribution in [3.05, 3.63) is 58.4 Å². The van der Waals surface area contributed by atoms with Gasteiger partial charge in [-0.25, -0.2) is 9.37 Å². The molecule has 0 bridgehead atoms. The molecule has 2 amide bonds. The average Bonchev–Trinajstić information content (AvgIpc) is 3.48. The lowest BCUT2D eigenvalue weighted by atomic mass is 9.88. The summed E-state index contributed by atoms with van der Waals surface area (Å²) >= 11 is 6.16. The van der Waals surface area contributed by atoms with Gasteiger partial charge in [-0.05, 0) is 37.8 Å². The maximum absolute atomic E-state index is 14.3. The standard InChI is InChI=1S/C25H23ClFN7O3/c1-37-22-7-16(18(27)12-30-22)19-8-20(33-32-19)24(36)34-5-2-15(9-25(34)3-4-25)23(35)31-13-21-17(26)6-14(10-28)11-29-21/h6-8,11-12,15H,2-5,9,13H2,1H3,(H,31,35)(H,32,33). The Hall–Kier alpha value is -4.04. The minimum absolute atomic E-state index is 0.119. The van der Waals surface area contributed by atoms with Crippen LogP contribution in [0.25, 0.3) is 11.3 Å². The molecule has 3 aromatic rings. The number of ether oxygens (including phenoxy) is 1. The zero-order valence-corrected chi connectivity index (χ0v) is 20.7. The molecule has 1 aliphatic heterocycles. The van der Waals surface area contributed by atoms with Crippen molar-refractivity contribution in [3.8, 4) is 23.2 Å². The van der Waals surface area contributed by atoms with E-state index in [2.05, 4.69) is 25.5 Å². The fraction of sp³-hybridized carbons (Fsp3) is 0.360. The van der Waals surface area contributed by atoms with E-state index < -0.39 is 5.82 Å². The lowest BCUT2D eigenvalue weighted by molar-refractivity contribution is -0.127. The number of aromatic amines is 1. The topological polar surface area (TPSA) is 137 Å². The van der Waals surface area contributed by atoms with Gasteiger partial charge in [0.15, 0.2) is 5.82 Å². The predicted molar refractivity (Wildman–Crippen MR) is 130 cm³/mol. The van der Waals surface area contributed by atoms with Crippen molar-refractivity contribution in [3.63, 3.8) is 0 Å². The quantitative estimate of drug-likeness (QED) is 0.506. The number of aromatic nitrogens is 4. The van der Waals surface area contributed by atoms with E-state index in [1.165, 1.54) is 31.5 Å². The van der Waals surface area contributed by atoms with Gasteiger partial charge in [-0.3, -0.25) is 19.7 Å². The number of carbonyl (C=O) groups is 2. The van der Waals surface area contributed by atoms with E-state index in [4.69, 9.17) is 21.6 Å². The second kappa shape index (κ2) is 9.78. The summed E-state index contributed by atoms with van der Waals surface area (Å²) < 4.78 is 19.4. The summed E-state index contributed by atoms with van der Waals surface area (Å²) in [6, 6.07) is 6.43. The van der Waals surface area contributed by atoms with Crippen molar-refractivity contribution in [1.29, 1.82) is 5.26 Å². The molecule has 0 aromatic carbocycles. The fourth-order valence-electron chi connectivity index (χ4n) is 4.77. The molecule has 1 spiro atoms. The molecule has 190 valence electrons.